The molecule has 0 saturated carbocycles. The van der Waals surface area contributed by atoms with E-state index in [4.69, 9.17) is 0 Å². The molecule has 4 aromatic rings. The lowest BCUT2D eigenvalue weighted by atomic mass is 9.79. The molecule has 0 saturated heterocycles. The Morgan fingerprint density at radius 2 is 1.97 bits per heavy atom. The number of rotatable bonds is 8. The zero-order valence-corrected chi connectivity index (χ0v) is 18.3. The van der Waals surface area contributed by atoms with E-state index in [1.54, 1.807) is 25.5 Å². The van der Waals surface area contributed by atoms with Crippen LogP contribution in [0.15, 0.2) is 65.8 Å². The Kier molecular flexibility index (Phi) is 5.56. The molecule has 3 aromatic heterocycles. The molecule has 1 unspecified atom stereocenters. The van der Waals surface area contributed by atoms with Crippen LogP contribution in [0.25, 0.3) is 10.8 Å². The van der Waals surface area contributed by atoms with Gasteiger partial charge in [-0.25, -0.2) is 4.98 Å². The molecule has 0 radical (unpaired) electrons. The quantitative estimate of drug-likeness (QED) is 0.436. The lowest BCUT2D eigenvalue weighted by molar-refractivity contribution is -0.121. The van der Waals surface area contributed by atoms with Crippen LogP contribution in [-0.2, 0) is 17.8 Å². The van der Waals surface area contributed by atoms with Crippen LogP contribution in [0.5, 0.6) is 0 Å². The van der Waals surface area contributed by atoms with Crippen molar-refractivity contribution in [3.8, 4) is 0 Å². The minimum atomic E-state index is -0.313. The highest BCUT2D eigenvalue weighted by atomic mass is 16.2. The molecule has 1 aliphatic carbocycles. The molecule has 1 atom stereocenters. The number of anilines is 1. The van der Waals surface area contributed by atoms with Crippen molar-refractivity contribution in [2.24, 2.45) is 0 Å². The van der Waals surface area contributed by atoms with Gasteiger partial charge in [0.2, 0.25) is 5.91 Å². The van der Waals surface area contributed by atoms with E-state index >= 15 is 0 Å². The van der Waals surface area contributed by atoms with Gasteiger partial charge in [-0.05, 0) is 36.1 Å². The summed E-state index contributed by atoms with van der Waals surface area (Å²) in [7, 11) is 0. The molecule has 1 aliphatic rings. The topological polar surface area (TPSA) is 102 Å². The predicted octanol–water partition coefficient (Wildman–Crippen LogP) is 2.41. The van der Waals surface area contributed by atoms with Crippen molar-refractivity contribution in [1.82, 2.24) is 24.8 Å². The third kappa shape index (κ3) is 4.07. The summed E-state index contributed by atoms with van der Waals surface area (Å²) in [6.07, 6.45) is 5.81. The lowest BCUT2D eigenvalue weighted by Gasteiger charge is -2.29. The SMILES string of the molecule is Cc1cnc(NCCc2ccccn2)c(=O)n1CC(=O)NCC1c2cccc3ccnc1c23. The first-order valence-electron chi connectivity index (χ1n) is 11.0. The van der Waals surface area contributed by atoms with Gasteiger partial charge >= 0.3 is 0 Å². The Morgan fingerprint density at radius 1 is 1.06 bits per heavy atom. The number of amides is 1. The minimum absolute atomic E-state index is 0.0614. The second-order valence-corrected chi connectivity index (χ2v) is 8.14. The van der Waals surface area contributed by atoms with E-state index in [1.807, 2.05) is 30.3 Å². The maximum absolute atomic E-state index is 12.9. The van der Waals surface area contributed by atoms with Crippen molar-refractivity contribution < 1.29 is 4.79 Å². The number of carbonyl (C=O) groups excluding carboxylic acids is 1. The van der Waals surface area contributed by atoms with Crippen molar-refractivity contribution >= 4 is 22.5 Å². The van der Waals surface area contributed by atoms with Gasteiger partial charge in [0.1, 0.15) is 6.54 Å². The highest BCUT2D eigenvalue weighted by Crippen LogP contribution is 2.42. The van der Waals surface area contributed by atoms with Gasteiger partial charge in [0.25, 0.3) is 5.56 Å². The van der Waals surface area contributed by atoms with Gasteiger partial charge in [0.05, 0.1) is 5.69 Å². The number of nitrogens with one attached hydrogen (secondary N) is 2. The van der Waals surface area contributed by atoms with Crippen LogP contribution >= 0.6 is 0 Å². The monoisotopic (exact) mass is 440 g/mol. The van der Waals surface area contributed by atoms with E-state index in [9.17, 15) is 9.59 Å². The Labute approximate surface area is 190 Å². The van der Waals surface area contributed by atoms with Crippen LogP contribution in [0.3, 0.4) is 0 Å². The number of pyridine rings is 2. The van der Waals surface area contributed by atoms with E-state index in [2.05, 4.69) is 37.7 Å². The number of carbonyl (C=O) groups is 1. The molecule has 1 amide bonds. The first kappa shape index (κ1) is 20.8. The van der Waals surface area contributed by atoms with Gasteiger partial charge in [-0.3, -0.25) is 24.1 Å². The van der Waals surface area contributed by atoms with Crippen molar-refractivity contribution in [1.29, 1.82) is 0 Å². The predicted molar refractivity (Wildman–Crippen MR) is 126 cm³/mol. The zero-order valence-electron chi connectivity index (χ0n) is 18.3. The summed E-state index contributed by atoms with van der Waals surface area (Å²) in [5.74, 6) is 0.0865. The van der Waals surface area contributed by atoms with E-state index in [0.717, 1.165) is 11.4 Å². The van der Waals surface area contributed by atoms with Gasteiger partial charge in [0, 0.05) is 60.8 Å². The number of aryl methyl sites for hydroxylation is 1. The number of hydrogen-bond acceptors (Lipinski definition) is 6. The summed E-state index contributed by atoms with van der Waals surface area (Å²) >= 11 is 0. The molecular formula is C25H24N6O2. The average Bonchev–Trinajstić information content (AvgIpc) is 2.83. The van der Waals surface area contributed by atoms with Crippen molar-refractivity contribution in [2.45, 2.75) is 25.8 Å². The van der Waals surface area contributed by atoms with Gasteiger partial charge in [-0.2, -0.15) is 0 Å². The summed E-state index contributed by atoms with van der Waals surface area (Å²) in [4.78, 5) is 38.6. The fraction of sp³-hybridized carbons (Fsp3) is 0.240. The van der Waals surface area contributed by atoms with Crippen LogP contribution in [0.4, 0.5) is 5.82 Å². The standard InChI is InChI=1S/C25H24N6O2/c1-16-13-30-24(28-12-9-18-6-2-3-10-26-18)25(33)31(16)15-21(32)29-14-20-19-7-4-5-17-8-11-27-23(20)22(17)19/h2-8,10-11,13,20H,9,12,14-15H2,1H3,(H,28,30)(H,29,32). The molecule has 3 heterocycles. The molecule has 8 heteroatoms. The number of hydrogen-bond donors (Lipinski definition) is 2. The average molecular weight is 441 g/mol. The Bertz CT molecular complexity index is 1340. The first-order valence-corrected chi connectivity index (χ1v) is 11.0. The van der Waals surface area contributed by atoms with Crippen LogP contribution in [0, 0.1) is 6.92 Å². The third-order valence-corrected chi connectivity index (χ3v) is 6.02. The smallest absolute Gasteiger partial charge is 0.293 e. The summed E-state index contributed by atoms with van der Waals surface area (Å²) in [6, 6.07) is 13.9. The van der Waals surface area contributed by atoms with E-state index < -0.39 is 0 Å². The Hall–Kier alpha value is -4.07. The van der Waals surface area contributed by atoms with Crippen LogP contribution in [0.2, 0.25) is 0 Å². The second kappa shape index (κ2) is 8.82. The number of nitrogens with zero attached hydrogens (tertiary/aromatic N) is 4. The van der Waals surface area contributed by atoms with Crippen LogP contribution in [0.1, 0.15) is 28.6 Å². The van der Waals surface area contributed by atoms with E-state index in [0.29, 0.717) is 25.2 Å². The molecule has 0 spiro atoms. The molecule has 33 heavy (non-hydrogen) atoms. The van der Waals surface area contributed by atoms with Crippen molar-refractivity contribution in [2.75, 3.05) is 18.4 Å². The van der Waals surface area contributed by atoms with Gasteiger partial charge in [-0.15, -0.1) is 0 Å². The fourth-order valence-corrected chi connectivity index (χ4v) is 4.28. The zero-order chi connectivity index (χ0) is 22.8. The molecule has 1 aromatic carbocycles. The summed E-state index contributed by atoms with van der Waals surface area (Å²) in [6.45, 7) is 2.68. The Balaban J connectivity index is 1.21. The third-order valence-electron chi connectivity index (χ3n) is 6.02. The fourth-order valence-electron chi connectivity index (χ4n) is 4.28. The van der Waals surface area contributed by atoms with E-state index in [1.165, 1.54) is 20.9 Å². The van der Waals surface area contributed by atoms with Crippen molar-refractivity contribution in [3.63, 3.8) is 0 Å². The van der Waals surface area contributed by atoms with Gasteiger partial charge < -0.3 is 10.6 Å². The molecule has 0 aliphatic heterocycles. The highest BCUT2D eigenvalue weighted by molar-refractivity contribution is 5.94. The normalized spacial score (nSPS) is 14.0. The number of benzene rings is 1. The van der Waals surface area contributed by atoms with Crippen LogP contribution < -0.4 is 16.2 Å². The Morgan fingerprint density at radius 3 is 2.82 bits per heavy atom. The first-order chi connectivity index (χ1) is 16.1. The summed E-state index contributed by atoms with van der Waals surface area (Å²) < 4.78 is 1.44. The lowest BCUT2D eigenvalue weighted by Crippen LogP contribution is -2.37. The molecule has 0 fully saturated rings. The molecule has 5 rings (SSSR count). The highest BCUT2D eigenvalue weighted by Gasteiger charge is 2.30. The van der Waals surface area contributed by atoms with E-state index in [-0.39, 0.29) is 29.7 Å². The van der Waals surface area contributed by atoms with Crippen molar-refractivity contribution in [3.05, 3.63) is 94.1 Å². The van der Waals surface area contributed by atoms with Gasteiger partial charge in [0.15, 0.2) is 5.82 Å². The molecular weight excluding hydrogens is 416 g/mol. The summed E-state index contributed by atoms with van der Waals surface area (Å²) in [5.41, 5.74) is 3.46. The summed E-state index contributed by atoms with van der Waals surface area (Å²) in [5, 5.41) is 8.39. The molecule has 2 N–H and O–H groups in total. The molecule has 166 valence electrons. The largest absolute Gasteiger partial charge is 0.365 e. The maximum Gasteiger partial charge on any atom is 0.293 e. The number of aromatic nitrogens is 4. The molecule has 0 bridgehead atoms. The molecule has 8 nitrogen and oxygen atoms in total. The van der Waals surface area contributed by atoms with Crippen LogP contribution in [-0.4, -0.2) is 38.5 Å². The minimum Gasteiger partial charge on any atom is -0.365 e. The second-order valence-electron chi connectivity index (χ2n) is 8.14. The maximum atomic E-state index is 12.9. The van der Waals surface area contributed by atoms with Gasteiger partial charge in [-0.1, -0.05) is 24.3 Å².